The van der Waals surface area contributed by atoms with Crippen molar-refractivity contribution in [2.75, 3.05) is 5.32 Å². The number of anilines is 1. The summed E-state index contributed by atoms with van der Waals surface area (Å²) in [6, 6.07) is 8.55. The lowest BCUT2D eigenvalue weighted by Crippen LogP contribution is -2.47. The van der Waals surface area contributed by atoms with Gasteiger partial charge in [-0.05, 0) is 71.9 Å². The van der Waals surface area contributed by atoms with Crippen LogP contribution in [-0.4, -0.2) is 64.3 Å². The van der Waals surface area contributed by atoms with Gasteiger partial charge in [0.05, 0.1) is 16.2 Å². The third-order valence-corrected chi connectivity index (χ3v) is 10.9. The zero-order valence-corrected chi connectivity index (χ0v) is 30.6. The number of hydrogen-bond donors (Lipinski definition) is 1. The molecule has 1 aliphatic heterocycles. The van der Waals surface area contributed by atoms with E-state index in [9.17, 15) is 14.4 Å². The first-order valence-corrected chi connectivity index (χ1v) is 17.9. The minimum Gasteiger partial charge on any atom is -0.325 e. The molecule has 2 fully saturated rings. The van der Waals surface area contributed by atoms with E-state index in [1.54, 1.807) is 33.3 Å². The maximum absolute atomic E-state index is 14.4. The van der Waals surface area contributed by atoms with Crippen molar-refractivity contribution in [2.45, 2.75) is 84.8 Å². The number of aryl methyl sites for hydroxylation is 2. The molecule has 4 aromatic heterocycles. The molecule has 0 bridgehead atoms. The molecule has 49 heavy (non-hydrogen) atoms. The van der Waals surface area contributed by atoms with Gasteiger partial charge in [-0.3, -0.25) is 19.1 Å². The van der Waals surface area contributed by atoms with Crippen molar-refractivity contribution < 1.29 is 14.4 Å². The molecule has 3 atom stereocenters. The number of piperidine rings is 1. The van der Waals surface area contributed by atoms with Crippen LogP contribution in [0.15, 0.2) is 52.7 Å². The number of halogens is 1. The van der Waals surface area contributed by atoms with Gasteiger partial charge in [0.15, 0.2) is 5.78 Å². The average Bonchev–Trinajstić information content (AvgIpc) is 3.35. The number of thiazole rings is 1. The van der Waals surface area contributed by atoms with Crippen molar-refractivity contribution in [3.8, 4) is 11.1 Å². The Labute approximate surface area is 296 Å². The summed E-state index contributed by atoms with van der Waals surface area (Å²) in [4.78, 5) is 60.9. The molecule has 252 valence electrons. The zero-order chi connectivity index (χ0) is 34.8. The van der Waals surface area contributed by atoms with Crippen LogP contribution in [0.1, 0.15) is 73.1 Å². The lowest BCUT2D eigenvalue weighted by Gasteiger charge is -2.27. The molecular weight excluding hydrogens is 704 g/mol. The Morgan fingerprint density at radius 1 is 1.04 bits per heavy atom. The Kier molecular flexibility index (Phi) is 8.26. The second-order valence-corrected chi connectivity index (χ2v) is 16.0. The third-order valence-electron chi connectivity index (χ3n) is 9.62. The molecule has 0 radical (unpaired) electrons. The monoisotopic (exact) mass is 740 g/mol. The molecule has 1 saturated carbocycles. The first kappa shape index (κ1) is 33.2. The quantitative estimate of drug-likeness (QED) is 0.141. The normalized spacial score (nSPS) is 20.0. The first-order valence-electron chi connectivity index (χ1n) is 16.2. The zero-order valence-electron chi connectivity index (χ0n) is 28.2. The van der Waals surface area contributed by atoms with Crippen LogP contribution in [0.4, 0.5) is 5.82 Å². The summed E-state index contributed by atoms with van der Waals surface area (Å²) >= 11 is 5.04. The van der Waals surface area contributed by atoms with Crippen LogP contribution in [0.25, 0.3) is 22.0 Å². The summed E-state index contributed by atoms with van der Waals surface area (Å²) in [7, 11) is 0. The van der Waals surface area contributed by atoms with Gasteiger partial charge in [-0.25, -0.2) is 19.9 Å². The number of pyridine rings is 1. The van der Waals surface area contributed by atoms with E-state index in [2.05, 4.69) is 67.4 Å². The highest BCUT2D eigenvalue weighted by Gasteiger charge is 2.67. The van der Waals surface area contributed by atoms with Crippen molar-refractivity contribution in [3.63, 3.8) is 0 Å². The van der Waals surface area contributed by atoms with Gasteiger partial charge >= 0.3 is 0 Å². The smallest absolute Gasteiger partial charge is 0.248 e. The van der Waals surface area contributed by atoms with Crippen LogP contribution in [0.3, 0.4) is 0 Å². The number of nitrogens with one attached hydrogen (secondary N) is 1. The van der Waals surface area contributed by atoms with Crippen LogP contribution in [-0.2, 0) is 28.0 Å². The number of nitrogens with zero attached hydrogens (tertiary/aromatic N) is 7. The van der Waals surface area contributed by atoms with Crippen LogP contribution in [0, 0.1) is 19.3 Å². The van der Waals surface area contributed by atoms with Gasteiger partial charge in [0, 0.05) is 58.9 Å². The van der Waals surface area contributed by atoms with Gasteiger partial charge in [0.1, 0.15) is 34.5 Å². The van der Waals surface area contributed by atoms with E-state index < -0.39 is 6.04 Å². The lowest BCUT2D eigenvalue weighted by atomic mass is 9.93. The Morgan fingerprint density at radius 2 is 1.80 bits per heavy atom. The maximum atomic E-state index is 14.4. The number of likely N-dealkylation sites (tertiary alicyclic amines) is 1. The highest BCUT2D eigenvalue weighted by atomic mass is 79.9. The SMILES string of the molecule is CC(=O)c1nn(CC(=O)N2[C@H](C(=O)Nc3nc(Br)ccc3C)C[C@@]3(Cc4nc(C(C)(C)C)cs4)C[C@@H]23)c2ccc(-c3cnc(C)nc3)cc12. The number of hydrogen-bond acceptors (Lipinski definition) is 9. The number of ketones is 1. The van der Waals surface area contributed by atoms with Crippen LogP contribution in [0.5, 0.6) is 0 Å². The summed E-state index contributed by atoms with van der Waals surface area (Å²) in [5, 5.41) is 11.4. The topological polar surface area (TPSA) is 136 Å². The van der Waals surface area contributed by atoms with E-state index in [0.29, 0.717) is 40.0 Å². The van der Waals surface area contributed by atoms with Crippen LogP contribution >= 0.6 is 27.3 Å². The van der Waals surface area contributed by atoms with Gasteiger partial charge in [0.25, 0.3) is 0 Å². The fraction of sp³-hybridized carbons (Fsp3) is 0.389. The lowest BCUT2D eigenvalue weighted by molar-refractivity contribution is -0.138. The van der Waals surface area contributed by atoms with Crippen molar-refractivity contribution in [3.05, 3.63) is 80.5 Å². The van der Waals surface area contributed by atoms with E-state index in [0.717, 1.165) is 33.8 Å². The number of amides is 2. The van der Waals surface area contributed by atoms with Gasteiger partial charge in [0.2, 0.25) is 11.8 Å². The van der Waals surface area contributed by atoms with Crippen LogP contribution in [0.2, 0.25) is 0 Å². The molecule has 0 spiro atoms. The molecule has 1 aromatic carbocycles. The number of carbonyl (C=O) groups excluding carboxylic acids is 3. The summed E-state index contributed by atoms with van der Waals surface area (Å²) in [6.45, 7) is 11.5. The summed E-state index contributed by atoms with van der Waals surface area (Å²) in [5.74, 6) is 0.410. The molecule has 2 amide bonds. The summed E-state index contributed by atoms with van der Waals surface area (Å²) < 4.78 is 2.19. The highest BCUT2D eigenvalue weighted by Crippen LogP contribution is 2.61. The van der Waals surface area contributed by atoms with Gasteiger partial charge in [-0.1, -0.05) is 32.9 Å². The highest BCUT2D eigenvalue weighted by molar-refractivity contribution is 9.10. The van der Waals surface area contributed by atoms with Crippen LogP contribution < -0.4 is 5.32 Å². The molecule has 7 rings (SSSR count). The maximum Gasteiger partial charge on any atom is 0.248 e. The molecule has 13 heteroatoms. The van der Waals surface area contributed by atoms with Crippen molar-refractivity contribution in [1.29, 1.82) is 0 Å². The molecule has 5 heterocycles. The standard InChI is InChI=1S/C36H37BrN8O3S/c1-19-7-10-29(37)41-33(19)42-34(48)26-12-36(14-30-40-27(18-49-30)35(4,5)6)13-28(36)45(26)31(47)17-44-25-9-8-22(23-15-38-21(3)39-16-23)11-24(25)32(43-44)20(2)46/h7-11,15-16,18,26,28H,12-14,17H2,1-6H3,(H,41,42,48)/t26-,28+,36-/m0/s1. The fourth-order valence-electron chi connectivity index (χ4n) is 6.83. The van der Waals surface area contributed by atoms with E-state index in [-0.39, 0.29) is 46.7 Å². The number of benzene rings is 1. The molecule has 1 saturated heterocycles. The minimum absolute atomic E-state index is 0.0653. The second kappa shape index (κ2) is 12.2. The minimum atomic E-state index is -0.698. The molecule has 2 aliphatic rings. The Balaban J connectivity index is 1.20. The summed E-state index contributed by atoms with van der Waals surface area (Å²) in [6.07, 6.45) is 5.50. The predicted molar refractivity (Wildman–Crippen MR) is 191 cm³/mol. The van der Waals surface area contributed by atoms with Gasteiger partial charge in [-0.15, -0.1) is 11.3 Å². The number of rotatable bonds is 8. The molecule has 11 nitrogen and oxygen atoms in total. The number of fused-ring (bicyclic) bond motifs is 2. The Bertz CT molecular complexity index is 2140. The Morgan fingerprint density at radius 3 is 2.49 bits per heavy atom. The van der Waals surface area contributed by atoms with E-state index in [1.165, 1.54) is 6.92 Å². The third kappa shape index (κ3) is 6.29. The second-order valence-electron chi connectivity index (χ2n) is 14.3. The van der Waals surface area contributed by atoms with Gasteiger partial charge < -0.3 is 10.2 Å². The van der Waals surface area contributed by atoms with E-state index >= 15 is 0 Å². The van der Waals surface area contributed by atoms with Crippen molar-refractivity contribution in [2.24, 2.45) is 5.41 Å². The molecule has 1 aliphatic carbocycles. The van der Waals surface area contributed by atoms with E-state index in [4.69, 9.17) is 4.98 Å². The molecule has 1 N–H and O–H groups in total. The predicted octanol–water partition coefficient (Wildman–Crippen LogP) is 6.47. The number of carbonyl (C=O) groups is 3. The number of Topliss-reactive ketones (excluding diaryl/α,β-unsaturated/α-hetero) is 1. The van der Waals surface area contributed by atoms with Crippen molar-refractivity contribution >= 4 is 61.6 Å². The average molecular weight is 742 g/mol. The molecule has 0 unspecified atom stereocenters. The first-order chi connectivity index (χ1) is 23.2. The Hall–Kier alpha value is -4.36. The van der Waals surface area contributed by atoms with E-state index in [1.807, 2.05) is 44.2 Å². The molecule has 5 aromatic rings. The largest absolute Gasteiger partial charge is 0.325 e. The van der Waals surface area contributed by atoms with Gasteiger partial charge in [-0.2, -0.15) is 5.10 Å². The number of aromatic nitrogens is 6. The van der Waals surface area contributed by atoms with Crippen molar-refractivity contribution in [1.82, 2.24) is 34.6 Å². The summed E-state index contributed by atoms with van der Waals surface area (Å²) in [5.41, 5.74) is 4.15. The molecular formula is C36H37BrN8O3S. The fourth-order valence-corrected chi connectivity index (χ4v) is 8.31.